The van der Waals surface area contributed by atoms with Gasteiger partial charge < -0.3 is 15.2 Å². The topological polar surface area (TPSA) is 84.2 Å². The Morgan fingerprint density at radius 3 is 2.57 bits per heavy atom. The first-order chi connectivity index (χ1) is 13.5. The number of nitrogens with one attached hydrogen (secondary N) is 2. The highest BCUT2D eigenvalue weighted by Gasteiger charge is 2.23. The Morgan fingerprint density at radius 2 is 1.82 bits per heavy atom. The van der Waals surface area contributed by atoms with Crippen molar-refractivity contribution in [2.24, 2.45) is 0 Å². The normalized spacial score (nSPS) is 10.5. The molecule has 0 saturated heterocycles. The minimum atomic E-state index is -0.451. The van der Waals surface area contributed by atoms with Gasteiger partial charge in [0.2, 0.25) is 5.91 Å². The third-order valence-corrected chi connectivity index (χ3v) is 4.63. The third-order valence-electron chi connectivity index (χ3n) is 4.30. The number of hydrogen-bond donors (Lipinski definition) is 2. The van der Waals surface area contributed by atoms with Crippen LogP contribution in [0.5, 0.6) is 0 Å². The average molecular weight is 398 g/mol. The molecule has 0 fully saturated rings. The van der Waals surface area contributed by atoms with Gasteiger partial charge in [0.1, 0.15) is 17.0 Å². The Morgan fingerprint density at radius 1 is 1.11 bits per heavy atom. The summed E-state index contributed by atoms with van der Waals surface area (Å²) < 4.78 is 5.19. The maximum absolute atomic E-state index is 12.7. The number of carbonyl (C=O) groups excluding carboxylic acids is 2. The lowest BCUT2D eigenvalue weighted by molar-refractivity contribution is -0.115. The summed E-state index contributed by atoms with van der Waals surface area (Å²) in [5.74, 6) is -0.417. The van der Waals surface area contributed by atoms with Gasteiger partial charge in [0.15, 0.2) is 0 Å². The van der Waals surface area contributed by atoms with E-state index in [1.807, 2.05) is 31.2 Å². The van der Waals surface area contributed by atoms with E-state index >= 15 is 0 Å². The van der Waals surface area contributed by atoms with E-state index in [2.05, 4.69) is 15.8 Å². The van der Waals surface area contributed by atoms with Gasteiger partial charge in [0.25, 0.3) is 5.91 Å². The van der Waals surface area contributed by atoms with Crippen LogP contribution in [0, 0.1) is 6.92 Å². The summed E-state index contributed by atoms with van der Waals surface area (Å²) in [5.41, 5.74) is 2.96. The second kappa shape index (κ2) is 8.71. The van der Waals surface area contributed by atoms with Crippen LogP contribution in [0.1, 0.15) is 28.6 Å². The maximum Gasteiger partial charge on any atom is 0.257 e. The molecule has 2 N–H and O–H groups in total. The quantitative estimate of drug-likeness (QED) is 0.651. The molecule has 1 heterocycles. The molecule has 1 aromatic heterocycles. The summed E-state index contributed by atoms with van der Waals surface area (Å²) in [5, 5.41) is 9.86. The van der Waals surface area contributed by atoms with Crippen LogP contribution in [0.4, 0.5) is 5.69 Å². The molecule has 0 radical (unpaired) electrons. The molecule has 3 aromatic rings. The van der Waals surface area contributed by atoms with Crippen molar-refractivity contribution in [2.75, 3.05) is 11.9 Å². The SMILES string of the molecule is CCc1ccccc1NC(=O)CNC(=O)c1c(-c2ccccc2Cl)noc1C. The number of rotatable bonds is 6. The summed E-state index contributed by atoms with van der Waals surface area (Å²) >= 11 is 6.21. The van der Waals surface area contributed by atoms with Crippen LogP contribution < -0.4 is 10.6 Å². The van der Waals surface area contributed by atoms with Crippen LogP contribution in [-0.2, 0) is 11.2 Å². The standard InChI is InChI=1S/C21H20ClN3O3/c1-3-14-8-4-7-11-17(14)24-18(26)12-23-21(27)19-13(2)28-25-20(19)15-9-5-6-10-16(15)22/h4-11H,3,12H2,1-2H3,(H,23,27)(H,24,26). The van der Waals surface area contributed by atoms with Crippen molar-refractivity contribution in [1.82, 2.24) is 10.5 Å². The number of aryl methyl sites for hydroxylation is 2. The van der Waals surface area contributed by atoms with Gasteiger partial charge in [-0.3, -0.25) is 9.59 Å². The number of halogens is 1. The first kappa shape index (κ1) is 19.6. The minimum Gasteiger partial charge on any atom is -0.360 e. The van der Waals surface area contributed by atoms with Crippen molar-refractivity contribution < 1.29 is 14.1 Å². The third kappa shape index (κ3) is 4.23. The monoisotopic (exact) mass is 397 g/mol. The number of amides is 2. The van der Waals surface area contributed by atoms with Crippen molar-refractivity contribution in [3.8, 4) is 11.3 Å². The highest BCUT2D eigenvalue weighted by atomic mass is 35.5. The van der Waals surface area contributed by atoms with E-state index in [0.29, 0.717) is 22.0 Å². The van der Waals surface area contributed by atoms with Crippen LogP contribution >= 0.6 is 11.6 Å². The van der Waals surface area contributed by atoms with Crippen LogP contribution in [0.2, 0.25) is 5.02 Å². The molecular weight excluding hydrogens is 378 g/mol. The molecule has 6 nitrogen and oxygen atoms in total. The Balaban J connectivity index is 1.71. The molecule has 0 aliphatic carbocycles. The zero-order valence-electron chi connectivity index (χ0n) is 15.6. The number of carbonyl (C=O) groups is 2. The van der Waals surface area contributed by atoms with Gasteiger partial charge in [-0.2, -0.15) is 0 Å². The van der Waals surface area contributed by atoms with Gasteiger partial charge in [0, 0.05) is 11.3 Å². The molecule has 0 aliphatic rings. The van der Waals surface area contributed by atoms with Gasteiger partial charge in [-0.25, -0.2) is 0 Å². The zero-order valence-corrected chi connectivity index (χ0v) is 16.3. The molecule has 0 spiro atoms. The fraction of sp³-hybridized carbons (Fsp3) is 0.190. The van der Waals surface area contributed by atoms with Gasteiger partial charge in [-0.1, -0.05) is 60.1 Å². The predicted octanol–water partition coefficient (Wildman–Crippen LogP) is 4.23. The van der Waals surface area contributed by atoms with E-state index in [9.17, 15) is 9.59 Å². The second-order valence-corrected chi connectivity index (χ2v) is 6.59. The van der Waals surface area contributed by atoms with Gasteiger partial charge >= 0.3 is 0 Å². The Hall–Kier alpha value is -3.12. The fourth-order valence-corrected chi connectivity index (χ4v) is 3.10. The van der Waals surface area contributed by atoms with E-state index < -0.39 is 5.91 Å². The smallest absolute Gasteiger partial charge is 0.257 e. The van der Waals surface area contributed by atoms with Crippen molar-refractivity contribution >= 4 is 29.1 Å². The molecule has 28 heavy (non-hydrogen) atoms. The number of benzene rings is 2. The largest absolute Gasteiger partial charge is 0.360 e. The average Bonchev–Trinajstić information content (AvgIpc) is 3.08. The Labute approximate surface area is 167 Å². The van der Waals surface area contributed by atoms with Crippen LogP contribution in [0.15, 0.2) is 53.1 Å². The van der Waals surface area contributed by atoms with Crippen molar-refractivity contribution in [1.29, 1.82) is 0 Å². The molecule has 0 saturated carbocycles. The van der Waals surface area contributed by atoms with E-state index in [1.165, 1.54) is 0 Å². The van der Waals surface area contributed by atoms with Gasteiger partial charge in [0.05, 0.1) is 11.6 Å². The molecule has 144 valence electrons. The van der Waals surface area contributed by atoms with Crippen molar-refractivity contribution in [3.63, 3.8) is 0 Å². The van der Waals surface area contributed by atoms with Gasteiger partial charge in [-0.05, 0) is 31.0 Å². The van der Waals surface area contributed by atoms with Crippen molar-refractivity contribution in [2.45, 2.75) is 20.3 Å². The summed E-state index contributed by atoms with van der Waals surface area (Å²) in [6.45, 7) is 3.47. The minimum absolute atomic E-state index is 0.177. The Bertz CT molecular complexity index is 1010. The molecule has 2 amide bonds. The van der Waals surface area contributed by atoms with Crippen molar-refractivity contribution in [3.05, 3.63) is 70.4 Å². The van der Waals surface area contributed by atoms with E-state index in [1.54, 1.807) is 31.2 Å². The first-order valence-corrected chi connectivity index (χ1v) is 9.26. The summed E-state index contributed by atoms with van der Waals surface area (Å²) in [7, 11) is 0. The predicted molar refractivity (Wildman–Crippen MR) is 108 cm³/mol. The van der Waals surface area contributed by atoms with Crippen LogP contribution in [0.3, 0.4) is 0 Å². The lowest BCUT2D eigenvalue weighted by Crippen LogP contribution is -2.33. The van der Waals surface area contributed by atoms with Crippen LogP contribution in [-0.4, -0.2) is 23.5 Å². The van der Waals surface area contributed by atoms with E-state index in [4.69, 9.17) is 16.1 Å². The molecule has 0 unspecified atom stereocenters. The maximum atomic E-state index is 12.7. The molecule has 2 aromatic carbocycles. The van der Waals surface area contributed by atoms with Gasteiger partial charge in [-0.15, -0.1) is 0 Å². The number of para-hydroxylation sites is 1. The summed E-state index contributed by atoms with van der Waals surface area (Å²) in [6.07, 6.45) is 0.796. The molecule has 0 bridgehead atoms. The molecular formula is C21H20ClN3O3. The van der Waals surface area contributed by atoms with E-state index in [-0.39, 0.29) is 18.0 Å². The lowest BCUT2D eigenvalue weighted by atomic mass is 10.1. The Kier molecular flexibility index (Phi) is 6.11. The molecule has 3 rings (SSSR count). The van der Waals surface area contributed by atoms with E-state index in [0.717, 1.165) is 17.7 Å². The number of aromatic nitrogens is 1. The molecule has 0 aliphatic heterocycles. The number of hydrogen-bond acceptors (Lipinski definition) is 4. The van der Waals surface area contributed by atoms with Crippen LogP contribution in [0.25, 0.3) is 11.3 Å². The first-order valence-electron chi connectivity index (χ1n) is 8.88. The molecule has 7 heteroatoms. The summed E-state index contributed by atoms with van der Waals surface area (Å²) in [6, 6.07) is 14.6. The lowest BCUT2D eigenvalue weighted by Gasteiger charge is -2.10. The summed E-state index contributed by atoms with van der Waals surface area (Å²) in [4.78, 5) is 24.9. The number of anilines is 1. The number of nitrogens with zero attached hydrogens (tertiary/aromatic N) is 1. The molecule has 0 atom stereocenters. The zero-order chi connectivity index (χ0) is 20.1. The fourth-order valence-electron chi connectivity index (χ4n) is 2.87. The highest BCUT2D eigenvalue weighted by Crippen LogP contribution is 2.30. The highest BCUT2D eigenvalue weighted by molar-refractivity contribution is 6.33. The second-order valence-electron chi connectivity index (χ2n) is 6.18.